The van der Waals surface area contributed by atoms with Crippen molar-refractivity contribution in [2.45, 2.75) is 19.9 Å². The maximum atomic E-state index is 11.7. The molecular weight excluding hydrogens is 236 g/mol. The van der Waals surface area contributed by atoms with Gasteiger partial charge in [0.25, 0.3) is 0 Å². The molecule has 1 aromatic rings. The minimum Gasteiger partial charge on any atom is -0.467 e. The Morgan fingerprint density at radius 3 is 2.88 bits per heavy atom. The van der Waals surface area contributed by atoms with E-state index in [-0.39, 0.29) is 11.8 Å². The molecule has 0 unspecified atom stereocenters. The minimum absolute atomic E-state index is 0.0142. The van der Waals surface area contributed by atoms with Crippen molar-refractivity contribution in [3.05, 3.63) is 35.4 Å². The molecule has 1 aliphatic rings. The Bertz CT molecular complexity index is 489. The zero-order chi connectivity index (χ0) is 12.4. The van der Waals surface area contributed by atoms with E-state index in [0.717, 1.165) is 10.9 Å². The Balaban J connectivity index is 2.46. The van der Waals surface area contributed by atoms with Crippen molar-refractivity contribution >= 4 is 22.7 Å². The Kier molecular flexibility index (Phi) is 3.38. The number of hydrogen-bond acceptors (Lipinski definition) is 5. The minimum atomic E-state index is -0.328. The second-order valence-corrected chi connectivity index (χ2v) is 4.57. The molecular formula is C12H14N2O2S. The highest BCUT2D eigenvalue weighted by Gasteiger charge is 2.28. The van der Waals surface area contributed by atoms with Gasteiger partial charge in [-0.1, -0.05) is 11.8 Å². The van der Waals surface area contributed by atoms with E-state index in [9.17, 15) is 4.79 Å². The summed E-state index contributed by atoms with van der Waals surface area (Å²) in [5.41, 5.74) is 1.51. The van der Waals surface area contributed by atoms with Gasteiger partial charge in [0.15, 0.2) is 11.0 Å². The zero-order valence-corrected chi connectivity index (χ0v) is 10.8. The van der Waals surface area contributed by atoms with Crippen molar-refractivity contribution in [3.63, 3.8) is 0 Å². The van der Waals surface area contributed by atoms with E-state index in [1.54, 1.807) is 19.3 Å². The standard InChI is InChI=1S/C12H14N2O2S/c1-7-10(8(2)15)11(9-5-4-6-16-9)14-12(13-7)17-3/h4-6,11H,1-3H3,(H,13,14)/t11-/m0/s1. The number of nitrogens with one attached hydrogen (secondary N) is 1. The lowest BCUT2D eigenvalue weighted by molar-refractivity contribution is -0.114. The molecule has 0 radical (unpaired) electrons. The number of rotatable bonds is 2. The van der Waals surface area contributed by atoms with Gasteiger partial charge in [0.1, 0.15) is 11.8 Å². The molecule has 0 spiro atoms. The van der Waals surface area contributed by atoms with Gasteiger partial charge in [0.2, 0.25) is 0 Å². The van der Waals surface area contributed by atoms with E-state index in [0.29, 0.717) is 11.3 Å². The monoisotopic (exact) mass is 250 g/mol. The maximum Gasteiger partial charge on any atom is 0.161 e. The first kappa shape index (κ1) is 12.0. The third-order valence-electron chi connectivity index (χ3n) is 2.60. The molecule has 0 fully saturated rings. The average Bonchev–Trinajstić information content (AvgIpc) is 2.80. The molecule has 0 bridgehead atoms. The molecule has 1 aromatic heterocycles. The number of hydrogen-bond donors (Lipinski definition) is 1. The molecule has 1 N–H and O–H groups in total. The number of Topliss-reactive ketones (excluding diaryl/α,β-unsaturated/α-hetero) is 1. The quantitative estimate of drug-likeness (QED) is 0.876. The molecule has 2 rings (SSSR count). The van der Waals surface area contributed by atoms with E-state index in [2.05, 4.69) is 10.3 Å². The van der Waals surface area contributed by atoms with Gasteiger partial charge in [-0.05, 0) is 32.2 Å². The molecule has 0 aromatic carbocycles. The Morgan fingerprint density at radius 2 is 2.35 bits per heavy atom. The summed E-state index contributed by atoms with van der Waals surface area (Å²) in [7, 11) is 0. The Labute approximate surface area is 104 Å². The number of allylic oxidation sites excluding steroid dienone is 1. The molecule has 0 amide bonds. The lowest BCUT2D eigenvalue weighted by Gasteiger charge is -2.23. The van der Waals surface area contributed by atoms with Crippen LogP contribution in [-0.2, 0) is 4.79 Å². The Hall–Kier alpha value is -1.49. The molecule has 0 saturated heterocycles. The van der Waals surface area contributed by atoms with Crippen LogP contribution < -0.4 is 5.32 Å². The summed E-state index contributed by atoms with van der Waals surface area (Å²) in [6.07, 6.45) is 3.54. The number of carbonyl (C=O) groups is 1. The first-order chi connectivity index (χ1) is 8.13. The summed E-state index contributed by atoms with van der Waals surface area (Å²) in [6.45, 7) is 3.44. The van der Waals surface area contributed by atoms with Gasteiger partial charge in [0, 0.05) is 11.3 Å². The Morgan fingerprint density at radius 1 is 1.59 bits per heavy atom. The van der Waals surface area contributed by atoms with Crippen LogP contribution in [-0.4, -0.2) is 17.2 Å². The predicted molar refractivity (Wildman–Crippen MR) is 68.9 cm³/mol. The van der Waals surface area contributed by atoms with Crippen molar-refractivity contribution in [2.75, 3.05) is 6.26 Å². The number of amidine groups is 1. The fraction of sp³-hybridized carbons (Fsp3) is 0.333. The van der Waals surface area contributed by atoms with Crippen LogP contribution in [0.5, 0.6) is 0 Å². The molecule has 4 nitrogen and oxygen atoms in total. The summed E-state index contributed by atoms with van der Waals surface area (Å²) in [6, 6.07) is 3.32. The van der Waals surface area contributed by atoms with Gasteiger partial charge >= 0.3 is 0 Å². The molecule has 90 valence electrons. The largest absolute Gasteiger partial charge is 0.467 e. The normalized spacial score (nSPS) is 19.9. The highest BCUT2D eigenvalue weighted by Crippen LogP contribution is 2.32. The van der Waals surface area contributed by atoms with E-state index >= 15 is 0 Å². The van der Waals surface area contributed by atoms with Crippen LogP contribution in [0.2, 0.25) is 0 Å². The third-order valence-corrected chi connectivity index (χ3v) is 3.20. The predicted octanol–water partition coefficient (Wildman–Crippen LogP) is 2.51. The number of furan rings is 1. The summed E-state index contributed by atoms with van der Waals surface area (Å²) in [5.74, 6) is 0.711. The number of nitrogens with zero attached hydrogens (tertiary/aromatic N) is 1. The highest BCUT2D eigenvalue weighted by molar-refractivity contribution is 8.13. The highest BCUT2D eigenvalue weighted by atomic mass is 32.2. The molecule has 0 aliphatic carbocycles. The lowest BCUT2D eigenvalue weighted by atomic mass is 9.99. The average molecular weight is 250 g/mol. The topological polar surface area (TPSA) is 54.6 Å². The van der Waals surface area contributed by atoms with Gasteiger partial charge in [-0.15, -0.1) is 0 Å². The van der Waals surface area contributed by atoms with Gasteiger partial charge in [-0.25, -0.2) is 4.99 Å². The molecule has 0 saturated carbocycles. The van der Waals surface area contributed by atoms with Crippen LogP contribution in [0.3, 0.4) is 0 Å². The smallest absolute Gasteiger partial charge is 0.161 e. The van der Waals surface area contributed by atoms with Crippen LogP contribution in [0.4, 0.5) is 0 Å². The van der Waals surface area contributed by atoms with Crippen molar-refractivity contribution in [3.8, 4) is 0 Å². The van der Waals surface area contributed by atoms with Gasteiger partial charge in [-0.3, -0.25) is 4.79 Å². The van der Waals surface area contributed by atoms with E-state index in [1.165, 1.54) is 11.8 Å². The summed E-state index contributed by atoms with van der Waals surface area (Å²) < 4.78 is 5.36. The molecule has 5 heteroatoms. The number of ketones is 1. The van der Waals surface area contributed by atoms with Crippen molar-refractivity contribution in [2.24, 2.45) is 4.99 Å². The summed E-state index contributed by atoms with van der Waals surface area (Å²) in [4.78, 5) is 16.2. The van der Waals surface area contributed by atoms with Crippen molar-refractivity contribution in [1.82, 2.24) is 5.32 Å². The van der Waals surface area contributed by atoms with Gasteiger partial charge < -0.3 is 9.73 Å². The second kappa shape index (κ2) is 4.79. The van der Waals surface area contributed by atoms with Crippen LogP contribution >= 0.6 is 11.8 Å². The van der Waals surface area contributed by atoms with E-state index < -0.39 is 0 Å². The SMILES string of the molecule is CSC1=N[C@@H](c2ccco2)C(C(C)=O)=C(C)N1. The molecule has 17 heavy (non-hydrogen) atoms. The molecule has 1 atom stereocenters. The first-order valence-electron chi connectivity index (χ1n) is 5.27. The van der Waals surface area contributed by atoms with E-state index in [1.807, 2.05) is 19.2 Å². The van der Waals surface area contributed by atoms with E-state index in [4.69, 9.17) is 4.42 Å². The first-order valence-corrected chi connectivity index (χ1v) is 6.50. The maximum absolute atomic E-state index is 11.7. The number of thioether (sulfide) groups is 1. The van der Waals surface area contributed by atoms with Gasteiger partial charge in [-0.2, -0.15) is 0 Å². The van der Waals surface area contributed by atoms with Crippen LogP contribution in [0.1, 0.15) is 25.6 Å². The van der Waals surface area contributed by atoms with Crippen LogP contribution in [0.15, 0.2) is 39.1 Å². The summed E-state index contributed by atoms with van der Waals surface area (Å²) in [5, 5.41) is 3.92. The fourth-order valence-corrected chi connectivity index (χ4v) is 2.33. The van der Waals surface area contributed by atoms with Gasteiger partial charge in [0.05, 0.1) is 6.26 Å². The zero-order valence-electron chi connectivity index (χ0n) is 9.98. The van der Waals surface area contributed by atoms with Crippen molar-refractivity contribution in [1.29, 1.82) is 0 Å². The van der Waals surface area contributed by atoms with Crippen LogP contribution in [0, 0.1) is 0 Å². The molecule has 2 heterocycles. The second-order valence-electron chi connectivity index (χ2n) is 3.78. The number of aliphatic imine (C=N–C) groups is 1. The summed E-state index contributed by atoms with van der Waals surface area (Å²) >= 11 is 1.52. The third kappa shape index (κ3) is 2.29. The number of carbonyl (C=O) groups excluding carboxylic acids is 1. The lowest BCUT2D eigenvalue weighted by Crippen LogP contribution is -2.28. The fourth-order valence-electron chi connectivity index (χ4n) is 1.86. The molecule has 1 aliphatic heterocycles. The van der Waals surface area contributed by atoms with Crippen LogP contribution in [0.25, 0.3) is 0 Å². The van der Waals surface area contributed by atoms with Crippen molar-refractivity contribution < 1.29 is 9.21 Å².